The normalized spacial score (nSPS) is 12.7. The van der Waals surface area contributed by atoms with Crippen LogP contribution in [0.3, 0.4) is 0 Å². The van der Waals surface area contributed by atoms with E-state index in [1.165, 1.54) is 11.1 Å². The van der Waals surface area contributed by atoms with Gasteiger partial charge in [-0.15, -0.1) is 0 Å². The number of rotatable bonds is 12. The standard InChI is InChI=1S/C26H37F2NO3S/c1-7-25(3,4)19-11-14-24(21(17-19)26(5,6)8-2)32-16-10-9-15-29-33(30,31)20-12-13-22(27)23(28)18-20/h11-14,17-18,29H,7-10,15-16H2,1-6H3. The third kappa shape index (κ3) is 7.00. The highest BCUT2D eigenvalue weighted by atomic mass is 32.2. The molecule has 0 unspecified atom stereocenters. The number of halogens is 2. The van der Waals surface area contributed by atoms with Gasteiger partial charge in [0.25, 0.3) is 0 Å². The van der Waals surface area contributed by atoms with Gasteiger partial charge in [0, 0.05) is 12.1 Å². The van der Waals surface area contributed by atoms with Crippen LogP contribution >= 0.6 is 0 Å². The molecule has 0 saturated heterocycles. The number of benzene rings is 2. The minimum absolute atomic E-state index is 0.0325. The van der Waals surface area contributed by atoms with E-state index in [2.05, 4.69) is 58.4 Å². The Morgan fingerprint density at radius 1 is 0.879 bits per heavy atom. The van der Waals surface area contributed by atoms with Crippen molar-refractivity contribution in [1.82, 2.24) is 4.72 Å². The van der Waals surface area contributed by atoms with Gasteiger partial charge in [-0.05, 0) is 66.3 Å². The van der Waals surface area contributed by atoms with Crippen molar-refractivity contribution in [2.24, 2.45) is 0 Å². The maximum atomic E-state index is 13.3. The molecule has 0 saturated carbocycles. The number of ether oxygens (including phenoxy) is 1. The molecule has 2 aromatic rings. The molecule has 0 bridgehead atoms. The molecule has 0 fully saturated rings. The van der Waals surface area contributed by atoms with E-state index in [0.29, 0.717) is 25.5 Å². The van der Waals surface area contributed by atoms with Gasteiger partial charge >= 0.3 is 0 Å². The third-order valence-corrected chi connectivity index (χ3v) is 8.04. The SMILES string of the molecule is CCC(C)(C)c1ccc(OCCCCNS(=O)(=O)c2ccc(F)c(F)c2)c(C(C)(C)CC)c1. The van der Waals surface area contributed by atoms with Gasteiger partial charge in [0.05, 0.1) is 11.5 Å². The van der Waals surface area contributed by atoms with Crippen LogP contribution in [0.25, 0.3) is 0 Å². The fourth-order valence-electron chi connectivity index (χ4n) is 3.34. The zero-order chi connectivity index (χ0) is 24.9. The maximum absolute atomic E-state index is 13.3. The van der Waals surface area contributed by atoms with Crippen LogP contribution in [0, 0.1) is 11.6 Å². The highest BCUT2D eigenvalue weighted by Gasteiger charge is 2.26. The molecule has 0 radical (unpaired) electrons. The van der Waals surface area contributed by atoms with Gasteiger partial charge in [-0.25, -0.2) is 21.9 Å². The van der Waals surface area contributed by atoms with Crippen LogP contribution in [0.2, 0.25) is 0 Å². The molecule has 7 heteroatoms. The smallest absolute Gasteiger partial charge is 0.240 e. The van der Waals surface area contributed by atoms with Gasteiger partial charge in [-0.3, -0.25) is 0 Å². The van der Waals surface area contributed by atoms with Crippen LogP contribution in [0.4, 0.5) is 8.78 Å². The van der Waals surface area contributed by atoms with Crippen molar-refractivity contribution < 1.29 is 21.9 Å². The van der Waals surface area contributed by atoms with Crippen molar-refractivity contribution in [3.05, 3.63) is 59.2 Å². The molecule has 0 aliphatic carbocycles. The fourth-order valence-corrected chi connectivity index (χ4v) is 4.43. The number of hydrogen-bond acceptors (Lipinski definition) is 3. The Morgan fingerprint density at radius 2 is 1.55 bits per heavy atom. The first-order chi connectivity index (χ1) is 15.3. The van der Waals surface area contributed by atoms with Crippen molar-refractivity contribution in [3.63, 3.8) is 0 Å². The van der Waals surface area contributed by atoms with Gasteiger partial charge in [-0.1, -0.05) is 53.7 Å². The van der Waals surface area contributed by atoms with Gasteiger partial charge < -0.3 is 4.74 Å². The van der Waals surface area contributed by atoms with Gasteiger partial charge in [0.2, 0.25) is 10.0 Å². The van der Waals surface area contributed by atoms with Crippen LogP contribution in [0.1, 0.15) is 78.4 Å². The highest BCUT2D eigenvalue weighted by Crippen LogP contribution is 2.38. The molecule has 184 valence electrons. The maximum Gasteiger partial charge on any atom is 0.240 e. The zero-order valence-corrected chi connectivity index (χ0v) is 21.4. The van der Waals surface area contributed by atoms with Crippen LogP contribution in [0.15, 0.2) is 41.3 Å². The van der Waals surface area contributed by atoms with Crippen molar-refractivity contribution in [3.8, 4) is 5.75 Å². The Hall–Kier alpha value is -1.99. The van der Waals surface area contributed by atoms with E-state index in [9.17, 15) is 17.2 Å². The van der Waals surface area contributed by atoms with E-state index in [1.807, 2.05) is 6.07 Å². The predicted octanol–water partition coefficient (Wildman–Crippen LogP) is 6.48. The largest absolute Gasteiger partial charge is 0.493 e. The van der Waals surface area contributed by atoms with Crippen molar-refractivity contribution in [2.75, 3.05) is 13.2 Å². The lowest BCUT2D eigenvalue weighted by Crippen LogP contribution is -2.25. The predicted molar refractivity (Wildman–Crippen MR) is 129 cm³/mol. The molecular weight excluding hydrogens is 444 g/mol. The second-order valence-corrected chi connectivity index (χ2v) is 11.5. The average Bonchev–Trinajstić information content (AvgIpc) is 2.77. The first kappa shape index (κ1) is 27.3. The minimum Gasteiger partial charge on any atom is -0.493 e. The summed E-state index contributed by atoms with van der Waals surface area (Å²) >= 11 is 0. The van der Waals surface area contributed by atoms with Gasteiger partial charge in [0.1, 0.15) is 5.75 Å². The zero-order valence-electron chi connectivity index (χ0n) is 20.6. The summed E-state index contributed by atoms with van der Waals surface area (Å²) in [7, 11) is -3.89. The van der Waals surface area contributed by atoms with Crippen LogP contribution in [0.5, 0.6) is 5.75 Å². The molecule has 0 amide bonds. The molecule has 1 N–H and O–H groups in total. The number of hydrogen-bond donors (Lipinski definition) is 1. The van der Waals surface area contributed by atoms with Crippen LogP contribution < -0.4 is 9.46 Å². The van der Waals surface area contributed by atoms with Crippen molar-refractivity contribution in [2.45, 2.75) is 83.0 Å². The number of sulfonamides is 1. The Bertz CT molecular complexity index is 1050. The van der Waals surface area contributed by atoms with E-state index in [0.717, 1.165) is 30.7 Å². The Kier molecular flexibility index (Phi) is 9.05. The molecule has 4 nitrogen and oxygen atoms in total. The Labute approximate surface area is 197 Å². The number of unbranched alkanes of at least 4 members (excludes halogenated alkanes) is 1. The van der Waals surface area contributed by atoms with Crippen molar-refractivity contribution in [1.29, 1.82) is 0 Å². The molecule has 33 heavy (non-hydrogen) atoms. The van der Waals surface area contributed by atoms with Crippen LogP contribution in [-0.2, 0) is 20.9 Å². The summed E-state index contributed by atoms with van der Waals surface area (Å²) in [5, 5.41) is 0. The molecule has 2 aromatic carbocycles. The summed E-state index contributed by atoms with van der Waals surface area (Å²) in [4.78, 5) is -0.292. The minimum atomic E-state index is -3.89. The summed E-state index contributed by atoms with van der Waals surface area (Å²) in [5.41, 5.74) is 2.53. The first-order valence-electron chi connectivity index (χ1n) is 11.6. The van der Waals surface area contributed by atoms with E-state index in [1.54, 1.807) is 0 Å². The Morgan fingerprint density at radius 3 is 2.15 bits per heavy atom. The van der Waals surface area contributed by atoms with Gasteiger partial charge in [-0.2, -0.15) is 0 Å². The van der Waals surface area contributed by atoms with Gasteiger partial charge in [0.15, 0.2) is 11.6 Å². The number of nitrogens with one attached hydrogen (secondary N) is 1. The fraction of sp³-hybridized carbons (Fsp3) is 0.538. The molecule has 2 rings (SSSR count). The molecule has 0 spiro atoms. The summed E-state index contributed by atoms with van der Waals surface area (Å²) in [6.45, 7) is 13.9. The third-order valence-electron chi connectivity index (χ3n) is 6.58. The molecule has 0 atom stereocenters. The molecular formula is C26H37F2NO3S. The quantitative estimate of drug-likeness (QED) is 0.353. The summed E-state index contributed by atoms with van der Waals surface area (Å²) in [6.07, 6.45) is 3.22. The molecule has 0 heterocycles. The topological polar surface area (TPSA) is 55.4 Å². The second-order valence-electron chi connectivity index (χ2n) is 9.72. The lowest BCUT2D eigenvalue weighted by Gasteiger charge is -2.30. The molecule has 0 aliphatic rings. The average molecular weight is 482 g/mol. The van der Waals surface area contributed by atoms with E-state index >= 15 is 0 Å². The summed E-state index contributed by atoms with van der Waals surface area (Å²) in [6, 6.07) is 8.97. The Balaban J connectivity index is 1.96. The van der Waals surface area contributed by atoms with Crippen LogP contribution in [-0.4, -0.2) is 21.6 Å². The summed E-state index contributed by atoms with van der Waals surface area (Å²) in [5.74, 6) is -1.41. The molecule has 0 aliphatic heterocycles. The highest BCUT2D eigenvalue weighted by molar-refractivity contribution is 7.89. The van der Waals surface area contributed by atoms with Crippen molar-refractivity contribution >= 4 is 10.0 Å². The lowest BCUT2D eigenvalue weighted by atomic mass is 9.76. The van der Waals surface area contributed by atoms with E-state index in [4.69, 9.17) is 4.74 Å². The van der Waals surface area contributed by atoms with E-state index in [-0.39, 0.29) is 22.3 Å². The first-order valence-corrected chi connectivity index (χ1v) is 13.0. The monoisotopic (exact) mass is 481 g/mol. The summed E-state index contributed by atoms with van der Waals surface area (Å²) < 4.78 is 59.4. The molecule has 0 aromatic heterocycles. The second kappa shape index (κ2) is 11.0. The lowest BCUT2D eigenvalue weighted by molar-refractivity contribution is 0.296. The van der Waals surface area contributed by atoms with E-state index < -0.39 is 21.7 Å².